The maximum Gasteiger partial charge on any atom is 0.416 e. The maximum absolute atomic E-state index is 11.7. The van der Waals surface area contributed by atoms with Gasteiger partial charge in [0.25, 0.3) is 0 Å². The molecule has 0 saturated carbocycles. The van der Waals surface area contributed by atoms with Gasteiger partial charge in [-0.05, 0) is 33.6 Å². The number of epoxide rings is 2. The topological polar surface area (TPSA) is 89.7 Å². The van der Waals surface area contributed by atoms with Crippen LogP contribution in [-0.4, -0.2) is 54.2 Å². The first-order chi connectivity index (χ1) is 11.8. The van der Waals surface area contributed by atoms with Crippen LogP contribution in [0.5, 0.6) is 0 Å². The van der Waals surface area contributed by atoms with Crippen LogP contribution in [0, 0.1) is 0 Å². The number of imide groups is 1. The van der Waals surface area contributed by atoms with Crippen LogP contribution < -0.4 is 5.32 Å². The van der Waals surface area contributed by atoms with Gasteiger partial charge in [-0.25, -0.2) is 4.79 Å². The van der Waals surface area contributed by atoms with Crippen molar-refractivity contribution in [2.75, 3.05) is 12.5 Å². The highest BCUT2D eigenvalue weighted by Gasteiger charge is 2.70. The summed E-state index contributed by atoms with van der Waals surface area (Å²) in [5, 5.41) is 2.04. The highest BCUT2D eigenvalue weighted by Crippen LogP contribution is 2.54. The normalized spacial score (nSPS) is 38.8. The lowest BCUT2D eigenvalue weighted by Crippen LogP contribution is -2.52. The molecule has 1 unspecified atom stereocenters. The molecule has 0 aromatic heterocycles. The van der Waals surface area contributed by atoms with Gasteiger partial charge in [0, 0.05) is 6.42 Å². The van der Waals surface area contributed by atoms with Crippen molar-refractivity contribution in [2.24, 2.45) is 0 Å². The van der Waals surface area contributed by atoms with Gasteiger partial charge in [-0.15, -0.1) is 11.6 Å². The first kappa shape index (κ1) is 18.6. The second-order valence-electron chi connectivity index (χ2n) is 7.23. The Morgan fingerprint density at radius 3 is 2.72 bits per heavy atom. The molecule has 3 heterocycles. The molecular weight excluding hydrogens is 350 g/mol. The fourth-order valence-electron chi connectivity index (χ4n) is 3.39. The minimum Gasteiger partial charge on any atom is -0.419 e. The van der Waals surface area contributed by atoms with Crippen LogP contribution in [0.4, 0.5) is 4.79 Å². The summed E-state index contributed by atoms with van der Waals surface area (Å²) in [4.78, 5) is 22.9. The SMILES string of the molecule is CC(C)=CC[C@H]1O[C@]1(C)C1O[C@H](OC(=O)NC(=O)CCl)CC[C@]12CO2. The Balaban J connectivity index is 1.60. The van der Waals surface area contributed by atoms with Crippen molar-refractivity contribution in [1.29, 1.82) is 0 Å². The van der Waals surface area contributed by atoms with E-state index in [1.54, 1.807) is 0 Å². The van der Waals surface area contributed by atoms with Crippen molar-refractivity contribution in [1.82, 2.24) is 5.32 Å². The van der Waals surface area contributed by atoms with E-state index < -0.39 is 23.9 Å². The fraction of sp³-hybridized carbons (Fsp3) is 0.765. The summed E-state index contributed by atoms with van der Waals surface area (Å²) in [6.45, 7) is 6.72. The number of amides is 2. The first-order valence-electron chi connectivity index (χ1n) is 8.46. The van der Waals surface area contributed by atoms with Crippen LogP contribution in [0.1, 0.15) is 40.0 Å². The molecule has 3 aliphatic heterocycles. The van der Waals surface area contributed by atoms with E-state index in [0.29, 0.717) is 19.4 Å². The molecule has 8 heteroatoms. The van der Waals surface area contributed by atoms with Crippen molar-refractivity contribution >= 4 is 23.6 Å². The largest absolute Gasteiger partial charge is 0.419 e. The molecule has 0 aromatic rings. The molecule has 0 aromatic carbocycles. The van der Waals surface area contributed by atoms with Gasteiger partial charge in [-0.2, -0.15) is 0 Å². The standard InChI is InChI=1S/C17H24ClNO6/c1-10(2)4-5-11-16(3,25-11)14-17(9-22-17)7-6-13(23-14)24-15(21)19-12(20)8-18/h4,11,13-14H,5-9H2,1-3H3,(H,19,20,21)/t11-,13-,14?,16+,17+/m1/s1. The summed E-state index contributed by atoms with van der Waals surface area (Å²) in [5.41, 5.74) is 0.422. The number of nitrogens with one attached hydrogen (secondary N) is 1. The van der Waals surface area contributed by atoms with E-state index in [9.17, 15) is 9.59 Å². The summed E-state index contributed by atoms with van der Waals surface area (Å²) in [6.07, 6.45) is 2.31. The van der Waals surface area contributed by atoms with Crippen molar-refractivity contribution in [3.05, 3.63) is 11.6 Å². The van der Waals surface area contributed by atoms with Gasteiger partial charge < -0.3 is 18.9 Å². The van der Waals surface area contributed by atoms with Gasteiger partial charge in [-0.3, -0.25) is 10.1 Å². The zero-order valence-electron chi connectivity index (χ0n) is 14.7. The number of carbonyl (C=O) groups excluding carboxylic acids is 2. The van der Waals surface area contributed by atoms with E-state index in [2.05, 4.69) is 6.08 Å². The summed E-state index contributed by atoms with van der Waals surface area (Å²) in [7, 11) is 0. The van der Waals surface area contributed by atoms with Crippen LogP contribution in [0.3, 0.4) is 0 Å². The van der Waals surface area contributed by atoms with Gasteiger partial charge in [0.2, 0.25) is 12.2 Å². The monoisotopic (exact) mass is 373 g/mol. The Morgan fingerprint density at radius 1 is 1.40 bits per heavy atom. The molecule has 2 amide bonds. The van der Waals surface area contributed by atoms with Crippen LogP contribution in [-0.2, 0) is 23.7 Å². The van der Waals surface area contributed by atoms with Gasteiger partial charge in [0.1, 0.15) is 23.2 Å². The lowest BCUT2D eigenvalue weighted by Gasteiger charge is -2.36. The number of carbonyl (C=O) groups is 2. The molecular formula is C17H24ClNO6. The van der Waals surface area contributed by atoms with Crippen molar-refractivity contribution in [3.63, 3.8) is 0 Å². The first-order valence-corrected chi connectivity index (χ1v) is 8.99. The average molecular weight is 374 g/mol. The molecule has 3 fully saturated rings. The van der Waals surface area contributed by atoms with Gasteiger partial charge >= 0.3 is 6.09 Å². The summed E-state index contributed by atoms with van der Waals surface area (Å²) >= 11 is 5.35. The summed E-state index contributed by atoms with van der Waals surface area (Å²) in [5.74, 6) is -0.918. The Morgan fingerprint density at radius 2 is 2.12 bits per heavy atom. The highest BCUT2D eigenvalue weighted by molar-refractivity contribution is 6.28. The van der Waals surface area contributed by atoms with Gasteiger partial charge in [0.15, 0.2) is 0 Å². The van der Waals surface area contributed by atoms with Crippen LogP contribution in [0.15, 0.2) is 11.6 Å². The van der Waals surface area contributed by atoms with Crippen molar-refractivity contribution in [2.45, 2.75) is 69.7 Å². The average Bonchev–Trinajstić information content (AvgIpc) is 3.45. The minimum absolute atomic E-state index is 0.0545. The number of hydrogen-bond acceptors (Lipinski definition) is 6. The minimum atomic E-state index is -0.856. The van der Waals surface area contributed by atoms with E-state index in [-0.39, 0.29) is 23.7 Å². The predicted molar refractivity (Wildman–Crippen MR) is 89.2 cm³/mol. The van der Waals surface area contributed by atoms with Crippen LogP contribution >= 0.6 is 11.6 Å². The number of halogens is 1. The van der Waals surface area contributed by atoms with E-state index in [4.69, 9.17) is 30.5 Å². The fourth-order valence-corrected chi connectivity index (χ4v) is 3.46. The molecule has 1 N–H and O–H groups in total. The van der Waals surface area contributed by atoms with Gasteiger partial charge in [0.05, 0.1) is 12.7 Å². The molecule has 5 atom stereocenters. The molecule has 0 aliphatic carbocycles. The number of allylic oxidation sites excluding steroid dienone is 1. The maximum atomic E-state index is 11.7. The quantitative estimate of drug-likeness (QED) is 0.451. The Labute approximate surface area is 152 Å². The summed E-state index contributed by atoms with van der Waals surface area (Å²) < 4.78 is 22.8. The molecule has 0 radical (unpaired) electrons. The van der Waals surface area contributed by atoms with Crippen LogP contribution in [0.2, 0.25) is 0 Å². The van der Waals surface area contributed by atoms with Gasteiger partial charge in [-0.1, -0.05) is 11.6 Å². The Hall–Kier alpha value is -1.15. The van der Waals surface area contributed by atoms with Crippen LogP contribution in [0.25, 0.3) is 0 Å². The highest BCUT2D eigenvalue weighted by atomic mass is 35.5. The second-order valence-corrected chi connectivity index (χ2v) is 7.50. The molecule has 3 aliphatic rings. The molecule has 7 nitrogen and oxygen atoms in total. The van der Waals surface area contributed by atoms with E-state index in [0.717, 1.165) is 6.42 Å². The molecule has 140 valence electrons. The van der Waals surface area contributed by atoms with E-state index in [1.165, 1.54) is 5.57 Å². The number of hydrogen-bond donors (Lipinski definition) is 1. The third-order valence-electron chi connectivity index (χ3n) is 4.92. The molecule has 3 saturated heterocycles. The third-order valence-corrected chi connectivity index (χ3v) is 5.17. The zero-order valence-corrected chi connectivity index (χ0v) is 15.4. The lowest BCUT2D eigenvalue weighted by atomic mass is 9.84. The van der Waals surface area contributed by atoms with Crippen molar-refractivity contribution < 1.29 is 28.5 Å². The number of rotatable bonds is 5. The lowest BCUT2D eigenvalue weighted by molar-refractivity contribution is -0.203. The summed E-state index contributed by atoms with van der Waals surface area (Å²) in [6, 6.07) is 0. The molecule has 25 heavy (non-hydrogen) atoms. The number of ether oxygens (including phenoxy) is 4. The predicted octanol–water partition coefficient (Wildman–Crippen LogP) is 2.27. The zero-order chi connectivity index (χ0) is 18.2. The number of alkyl carbamates (subject to hydrolysis) is 1. The molecule has 1 spiro atoms. The molecule has 3 rings (SSSR count). The van der Waals surface area contributed by atoms with E-state index >= 15 is 0 Å². The van der Waals surface area contributed by atoms with E-state index in [1.807, 2.05) is 26.1 Å². The van der Waals surface area contributed by atoms with Crippen molar-refractivity contribution in [3.8, 4) is 0 Å². The number of alkyl halides is 1. The smallest absolute Gasteiger partial charge is 0.416 e. The third kappa shape index (κ3) is 4.00. The Bertz CT molecular complexity index is 586. The molecule has 0 bridgehead atoms. The Kier molecular flexibility index (Phi) is 5.12. The second kappa shape index (κ2) is 6.87.